The number of hydrogen-bond donors (Lipinski definition) is 2. The van der Waals surface area contributed by atoms with Crippen LogP contribution in [0.25, 0.3) is 0 Å². The van der Waals surface area contributed by atoms with E-state index < -0.39 is 5.82 Å². The van der Waals surface area contributed by atoms with Crippen molar-refractivity contribution in [3.63, 3.8) is 0 Å². The summed E-state index contributed by atoms with van der Waals surface area (Å²) in [7, 11) is 0. The second-order valence-corrected chi connectivity index (χ2v) is 6.03. The first kappa shape index (κ1) is 14.5. The molecule has 1 atom stereocenters. The van der Waals surface area contributed by atoms with Gasteiger partial charge in [0.1, 0.15) is 11.6 Å². The van der Waals surface area contributed by atoms with Gasteiger partial charge in [0.25, 0.3) is 0 Å². The number of nitrogens with one attached hydrogen (secondary N) is 1. The average Bonchev–Trinajstić information content (AvgIpc) is 2.42. The first-order valence-electron chi connectivity index (χ1n) is 6.77. The lowest BCUT2D eigenvalue weighted by atomic mass is 9.87. The molecule has 0 amide bonds. The van der Waals surface area contributed by atoms with Crippen LogP contribution in [0.2, 0.25) is 10.0 Å². The molecule has 1 unspecified atom stereocenters. The predicted molar refractivity (Wildman–Crippen MR) is 83.8 cm³/mol. The molecule has 0 saturated carbocycles. The van der Waals surface area contributed by atoms with Gasteiger partial charge in [-0.2, -0.15) is 0 Å². The van der Waals surface area contributed by atoms with Crippen molar-refractivity contribution >= 4 is 28.9 Å². The van der Waals surface area contributed by atoms with Crippen molar-refractivity contribution in [2.45, 2.75) is 25.3 Å². The summed E-state index contributed by atoms with van der Waals surface area (Å²) >= 11 is 12.2. The summed E-state index contributed by atoms with van der Waals surface area (Å²) in [6, 6.07) is 7.92. The molecule has 5 heteroatoms. The maximum Gasteiger partial charge on any atom is 0.126 e. The Kier molecular flexibility index (Phi) is 3.96. The van der Waals surface area contributed by atoms with Crippen LogP contribution in [0.1, 0.15) is 30.0 Å². The second kappa shape index (κ2) is 5.74. The number of phenolic OH excluding ortho intramolecular Hbond substituents is 1. The van der Waals surface area contributed by atoms with Crippen molar-refractivity contribution in [1.29, 1.82) is 0 Å². The number of benzene rings is 2. The van der Waals surface area contributed by atoms with Crippen LogP contribution in [0.5, 0.6) is 5.75 Å². The zero-order chi connectivity index (χ0) is 15.0. The third-order valence-corrected chi connectivity index (χ3v) is 4.36. The largest absolute Gasteiger partial charge is 0.508 e. The summed E-state index contributed by atoms with van der Waals surface area (Å²) in [6.07, 6.45) is 2.87. The summed E-state index contributed by atoms with van der Waals surface area (Å²) < 4.78 is 13.2. The van der Waals surface area contributed by atoms with Gasteiger partial charge < -0.3 is 10.4 Å². The van der Waals surface area contributed by atoms with Gasteiger partial charge in [0.05, 0.1) is 21.8 Å². The van der Waals surface area contributed by atoms with Gasteiger partial charge in [-0.15, -0.1) is 0 Å². The smallest absolute Gasteiger partial charge is 0.126 e. The maximum atomic E-state index is 13.2. The van der Waals surface area contributed by atoms with Crippen molar-refractivity contribution in [1.82, 2.24) is 0 Å². The quantitative estimate of drug-likeness (QED) is 0.782. The van der Waals surface area contributed by atoms with E-state index in [4.69, 9.17) is 23.2 Å². The van der Waals surface area contributed by atoms with E-state index in [9.17, 15) is 9.50 Å². The number of halogens is 3. The molecular weight excluding hydrogens is 312 g/mol. The lowest BCUT2D eigenvalue weighted by Crippen LogP contribution is -2.17. The highest BCUT2D eigenvalue weighted by Crippen LogP contribution is 2.38. The summed E-state index contributed by atoms with van der Waals surface area (Å²) in [6.45, 7) is 0. The fraction of sp³-hybridized carbons (Fsp3) is 0.250. The molecule has 1 aliphatic rings. The minimum atomic E-state index is -0.454. The Labute approximate surface area is 132 Å². The van der Waals surface area contributed by atoms with E-state index in [0.29, 0.717) is 5.69 Å². The molecule has 0 heterocycles. The van der Waals surface area contributed by atoms with E-state index in [1.165, 1.54) is 12.1 Å². The molecule has 0 fully saturated rings. The molecule has 2 nitrogen and oxygen atoms in total. The first-order chi connectivity index (χ1) is 10.0. The topological polar surface area (TPSA) is 32.3 Å². The number of aromatic hydroxyl groups is 1. The fourth-order valence-electron chi connectivity index (χ4n) is 2.80. The molecule has 0 aromatic heterocycles. The number of rotatable bonds is 2. The zero-order valence-corrected chi connectivity index (χ0v) is 12.7. The van der Waals surface area contributed by atoms with Gasteiger partial charge in [-0.25, -0.2) is 4.39 Å². The Morgan fingerprint density at radius 3 is 2.57 bits per heavy atom. The summed E-state index contributed by atoms with van der Waals surface area (Å²) in [5.41, 5.74) is 2.79. The van der Waals surface area contributed by atoms with Crippen LogP contribution in [0, 0.1) is 5.82 Å². The van der Waals surface area contributed by atoms with Crippen molar-refractivity contribution in [3.8, 4) is 5.75 Å². The van der Waals surface area contributed by atoms with Crippen molar-refractivity contribution in [3.05, 3.63) is 57.3 Å². The van der Waals surface area contributed by atoms with E-state index in [0.717, 1.165) is 30.4 Å². The van der Waals surface area contributed by atoms with Crippen LogP contribution in [0.4, 0.5) is 10.1 Å². The molecule has 110 valence electrons. The lowest BCUT2D eigenvalue weighted by Gasteiger charge is -2.28. The van der Waals surface area contributed by atoms with Gasteiger partial charge in [-0.3, -0.25) is 0 Å². The highest BCUT2D eigenvalue weighted by molar-refractivity contribution is 6.39. The highest BCUT2D eigenvalue weighted by Gasteiger charge is 2.22. The van der Waals surface area contributed by atoms with Crippen LogP contribution < -0.4 is 5.32 Å². The highest BCUT2D eigenvalue weighted by atomic mass is 35.5. The average molecular weight is 326 g/mol. The van der Waals surface area contributed by atoms with Gasteiger partial charge in [0.2, 0.25) is 0 Å². The Morgan fingerprint density at radius 2 is 1.86 bits per heavy atom. The van der Waals surface area contributed by atoms with E-state index >= 15 is 0 Å². The number of fused-ring (bicyclic) bond motifs is 1. The van der Waals surface area contributed by atoms with Crippen molar-refractivity contribution in [2.24, 2.45) is 0 Å². The molecule has 0 spiro atoms. The molecule has 0 aliphatic heterocycles. The van der Waals surface area contributed by atoms with Crippen LogP contribution in [-0.2, 0) is 6.42 Å². The third kappa shape index (κ3) is 2.94. The standard InChI is InChI=1S/C16H14Cl2FNO/c17-13-7-10(19)8-14(18)16(13)20-15-3-1-2-9-6-11(21)4-5-12(9)15/h4-8,15,20-21H,1-3H2. The van der Waals surface area contributed by atoms with Crippen LogP contribution in [-0.4, -0.2) is 5.11 Å². The first-order valence-corrected chi connectivity index (χ1v) is 7.53. The molecule has 0 bridgehead atoms. The second-order valence-electron chi connectivity index (χ2n) is 5.22. The van der Waals surface area contributed by atoms with Gasteiger partial charge in [0.15, 0.2) is 0 Å². The van der Waals surface area contributed by atoms with E-state index in [-0.39, 0.29) is 21.8 Å². The Morgan fingerprint density at radius 1 is 1.14 bits per heavy atom. The van der Waals surface area contributed by atoms with Gasteiger partial charge in [-0.05, 0) is 54.7 Å². The van der Waals surface area contributed by atoms with Gasteiger partial charge in [-0.1, -0.05) is 29.3 Å². The maximum absolute atomic E-state index is 13.2. The van der Waals surface area contributed by atoms with Gasteiger partial charge >= 0.3 is 0 Å². The lowest BCUT2D eigenvalue weighted by molar-refractivity contribution is 0.472. The number of hydrogen-bond acceptors (Lipinski definition) is 2. The fourth-order valence-corrected chi connectivity index (χ4v) is 3.37. The molecule has 2 N–H and O–H groups in total. The monoisotopic (exact) mass is 325 g/mol. The minimum Gasteiger partial charge on any atom is -0.508 e. The normalized spacial score (nSPS) is 17.4. The zero-order valence-electron chi connectivity index (χ0n) is 11.2. The molecule has 2 aromatic rings. The molecular formula is C16H14Cl2FNO. The Bertz CT molecular complexity index is 667. The number of phenols is 1. The summed E-state index contributed by atoms with van der Waals surface area (Å²) in [5.74, 6) is -0.184. The SMILES string of the molecule is Oc1ccc2c(c1)CCCC2Nc1c(Cl)cc(F)cc1Cl. The van der Waals surface area contributed by atoms with E-state index in [1.807, 2.05) is 6.07 Å². The molecule has 21 heavy (non-hydrogen) atoms. The van der Waals surface area contributed by atoms with Crippen molar-refractivity contribution in [2.75, 3.05) is 5.32 Å². The van der Waals surface area contributed by atoms with Gasteiger partial charge in [0, 0.05) is 0 Å². The van der Waals surface area contributed by atoms with Crippen molar-refractivity contribution < 1.29 is 9.50 Å². The van der Waals surface area contributed by atoms with E-state index in [2.05, 4.69) is 5.32 Å². The molecule has 2 aromatic carbocycles. The molecule has 3 rings (SSSR count). The predicted octanol–water partition coefficient (Wildman–Crippen LogP) is 5.33. The third-order valence-electron chi connectivity index (χ3n) is 3.77. The minimum absolute atomic E-state index is 0.0508. The number of aryl methyl sites for hydroxylation is 1. The summed E-state index contributed by atoms with van der Waals surface area (Å²) in [4.78, 5) is 0. The Hall–Kier alpha value is -1.45. The summed E-state index contributed by atoms with van der Waals surface area (Å²) in [5, 5.41) is 13.4. The van der Waals surface area contributed by atoms with Crippen LogP contribution in [0.15, 0.2) is 30.3 Å². The van der Waals surface area contributed by atoms with Crippen LogP contribution >= 0.6 is 23.2 Å². The molecule has 0 radical (unpaired) electrons. The Balaban J connectivity index is 1.94. The van der Waals surface area contributed by atoms with E-state index in [1.54, 1.807) is 12.1 Å². The van der Waals surface area contributed by atoms with Crippen LogP contribution in [0.3, 0.4) is 0 Å². The number of anilines is 1. The molecule has 1 aliphatic carbocycles. The molecule has 0 saturated heterocycles.